The second-order valence-electron chi connectivity index (χ2n) is 6.52. The summed E-state index contributed by atoms with van der Waals surface area (Å²) in [6.07, 6.45) is 0. The number of carbonyl (C=O) groups excluding carboxylic acids is 3. The highest BCUT2D eigenvalue weighted by Crippen LogP contribution is 2.23. The topological polar surface area (TPSA) is 128 Å². The molecule has 0 radical (unpaired) electrons. The normalized spacial score (nSPS) is 13.6. The second kappa shape index (κ2) is 9.27. The maximum Gasteiger partial charge on any atom is 0.328 e. The molecule has 9 nitrogen and oxygen atoms in total. The maximum atomic E-state index is 12.3. The van der Waals surface area contributed by atoms with Crippen molar-refractivity contribution >= 4 is 41.1 Å². The number of aliphatic carboxylic acids is 1. The van der Waals surface area contributed by atoms with Gasteiger partial charge in [0.15, 0.2) is 0 Å². The smallest absolute Gasteiger partial charge is 0.328 e. The number of benzene rings is 2. The van der Waals surface area contributed by atoms with Crippen molar-refractivity contribution in [3.8, 4) is 0 Å². The van der Waals surface area contributed by atoms with E-state index in [0.717, 1.165) is 5.56 Å². The number of hydrogen-bond donors (Lipinski definition) is 4. The van der Waals surface area contributed by atoms with Crippen LogP contribution in [0.2, 0.25) is 5.02 Å². The van der Waals surface area contributed by atoms with Gasteiger partial charge in [-0.05, 0) is 23.8 Å². The third-order valence-electron chi connectivity index (χ3n) is 4.48. The molecule has 4 amide bonds. The van der Waals surface area contributed by atoms with Crippen molar-refractivity contribution in [3.63, 3.8) is 0 Å². The number of nitrogens with zero attached hydrogens (tertiary/aromatic N) is 1. The minimum atomic E-state index is -1.37. The Kier molecular flexibility index (Phi) is 6.53. The molecule has 0 saturated heterocycles. The molecule has 156 valence electrons. The zero-order chi connectivity index (χ0) is 21.7. The number of rotatable bonds is 7. The molecule has 0 fully saturated rings. The van der Waals surface area contributed by atoms with E-state index in [1.54, 1.807) is 24.3 Å². The van der Waals surface area contributed by atoms with E-state index < -0.39 is 29.9 Å². The second-order valence-corrected chi connectivity index (χ2v) is 6.93. The molecule has 1 aliphatic rings. The van der Waals surface area contributed by atoms with Crippen molar-refractivity contribution in [2.24, 2.45) is 0 Å². The molecular formula is C20H19ClN4O5. The van der Waals surface area contributed by atoms with Crippen LogP contribution in [0.1, 0.15) is 15.9 Å². The van der Waals surface area contributed by atoms with E-state index >= 15 is 0 Å². The molecule has 2 aromatic rings. The Labute approximate surface area is 177 Å². The molecule has 0 bridgehead atoms. The van der Waals surface area contributed by atoms with Crippen LogP contribution in [0.3, 0.4) is 0 Å². The third-order valence-corrected chi connectivity index (χ3v) is 4.81. The first-order valence-electron chi connectivity index (χ1n) is 9.05. The van der Waals surface area contributed by atoms with E-state index in [-0.39, 0.29) is 23.7 Å². The van der Waals surface area contributed by atoms with Gasteiger partial charge in [-0.25, -0.2) is 9.59 Å². The molecule has 0 aliphatic carbocycles. The van der Waals surface area contributed by atoms with Gasteiger partial charge in [-0.3, -0.25) is 14.5 Å². The fraction of sp³-hybridized carbons (Fsp3) is 0.200. The van der Waals surface area contributed by atoms with Gasteiger partial charge in [-0.15, -0.1) is 0 Å². The van der Waals surface area contributed by atoms with Crippen molar-refractivity contribution in [1.29, 1.82) is 0 Å². The number of urea groups is 1. The highest BCUT2D eigenvalue weighted by atomic mass is 35.5. The fourth-order valence-corrected chi connectivity index (χ4v) is 3.17. The minimum Gasteiger partial charge on any atom is -0.480 e. The summed E-state index contributed by atoms with van der Waals surface area (Å²) in [6.45, 7) is -0.294. The summed E-state index contributed by atoms with van der Waals surface area (Å²) in [5.74, 6) is -2.57. The van der Waals surface area contributed by atoms with Crippen LogP contribution in [-0.2, 0) is 16.1 Å². The van der Waals surface area contributed by atoms with Gasteiger partial charge in [0.25, 0.3) is 5.91 Å². The van der Waals surface area contributed by atoms with Crippen LogP contribution in [0.5, 0.6) is 0 Å². The van der Waals surface area contributed by atoms with Crippen molar-refractivity contribution in [3.05, 3.63) is 64.7 Å². The summed E-state index contributed by atoms with van der Waals surface area (Å²) in [5, 5.41) is 17.0. The van der Waals surface area contributed by atoms with Crippen molar-refractivity contribution in [2.75, 3.05) is 18.0 Å². The quantitative estimate of drug-likeness (QED) is 0.527. The maximum absolute atomic E-state index is 12.3. The molecule has 0 aromatic heterocycles. The number of halogens is 1. The lowest BCUT2D eigenvalue weighted by Gasteiger charge is -2.29. The number of para-hydroxylation sites is 1. The Morgan fingerprint density at radius 3 is 2.57 bits per heavy atom. The monoisotopic (exact) mass is 430 g/mol. The molecule has 0 spiro atoms. The first-order chi connectivity index (χ1) is 14.4. The van der Waals surface area contributed by atoms with Crippen LogP contribution in [0.25, 0.3) is 0 Å². The number of carbonyl (C=O) groups is 4. The molecule has 30 heavy (non-hydrogen) atoms. The van der Waals surface area contributed by atoms with Gasteiger partial charge in [-0.2, -0.15) is 0 Å². The molecule has 3 rings (SSSR count). The molecule has 0 saturated carbocycles. The van der Waals surface area contributed by atoms with Gasteiger partial charge in [0.05, 0.1) is 16.3 Å². The fourth-order valence-electron chi connectivity index (χ4n) is 2.95. The Morgan fingerprint density at radius 1 is 1.13 bits per heavy atom. The van der Waals surface area contributed by atoms with Crippen LogP contribution < -0.4 is 20.9 Å². The molecule has 2 aromatic carbocycles. The van der Waals surface area contributed by atoms with Crippen molar-refractivity contribution in [2.45, 2.75) is 12.6 Å². The molecule has 4 N–H and O–H groups in total. The number of hydrogen-bond acceptors (Lipinski definition) is 4. The van der Waals surface area contributed by atoms with Gasteiger partial charge >= 0.3 is 12.0 Å². The summed E-state index contributed by atoms with van der Waals surface area (Å²) in [7, 11) is 0. The van der Waals surface area contributed by atoms with Gasteiger partial charge in [0.1, 0.15) is 12.6 Å². The number of anilines is 1. The zero-order valence-corrected chi connectivity index (χ0v) is 16.5. The SMILES string of the molecule is O=C(CN1C(=O)NCc2ccccc21)NC[C@H](NC(=O)c1ccccc1Cl)C(=O)O. The first-order valence-corrected chi connectivity index (χ1v) is 9.43. The lowest BCUT2D eigenvalue weighted by molar-refractivity contribution is -0.139. The minimum absolute atomic E-state index is 0.123. The summed E-state index contributed by atoms with van der Waals surface area (Å²) in [6, 6.07) is 11.6. The Morgan fingerprint density at radius 2 is 1.83 bits per heavy atom. The van der Waals surface area contributed by atoms with E-state index in [9.17, 15) is 24.3 Å². The van der Waals surface area contributed by atoms with Crippen molar-refractivity contribution < 1.29 is 24.3 Å². The van der Waals surface area contributed by atoms with Gasteiger partial charge < -0.3 is 21.1 Å². The summed E-state index contributed by atoms with van der Waals surface area (Å²) >= 11 is 5.95. The summed E-state index contributed by atoms with van der Waals surface area (Å²) in [4.78, 5) is 49.5. The Bertz CT molecular complexity index is 997. The largest absolute Gasteiger partial charge is 0.480 e. The van der Waals surface area contributed by atoms with Gasteiger partial charge in [0.2, 0.25) is 5.91 Å². The lowest BCUT2D eigenvalue weighted by Crippen LogP contribution is -2.52. The number of fused-ring (bicyclic) bond motifs is 1. The van der Waals surface area contributed by atoms with Crippen LogP contribution in [0, 0.1) is 0 Å². The van der Waals surface area contributed by atoms with E-state index in [1.807, 2.05) is 12.1 Å². The Balaban J connectivity index is 1.61. The van der Waals surface area contributed by atoms with E-state index in [0.29, 0.717) is 12.2 Å². The average molecular weight is 431 g/mol. The zero-order valence-electron chi connectivity index (χ0n) is 15.7. The molecule has 0 unspecified atom stereocenters. The average Bonchev–Trinajstić information content (AvgIpc) is 2.73. The highest BCUT2D eigenvalue weighted by molar-refractivity contribution is 6.33. The first kappa shape index (κ1) is 21.1. The molecule has 10 heteroatoms. The summed E-state index contributed by atoms with van der Waals surface area (Å²) in [5.41, 5.74) is 1.59. The number of carboxylic acid groups (broad SMARTS) is 1. The highest BCUT2D eigenvalue weighted by Gasteiger charge is 2.27. The third kappa shape index (κ3) is 4.87. The van der Waals surface area contributed by atoms with E-state index in [1.165, 1.54) is 17.0 Å². The summed E-state index contributed by atoms with van der Waals surface area (Å²) < 4.78 is 0. The van der Waals surface area contributed by atoms with E-state index in [4.69, 9.17) is 11.6 Å². The number of carboxylic acids is 1. The predicted molar refractivity (Wildman–Crippen MR) is 109 cm³/mol. The van der Waals surface area contributed by atoms with Crippen LogP contribution in [0.4, 0.5) is 10.5 Å². The van der Waals surface area contributed by atoms with E-state index in [2.05, 4.69) is 16.0 Å². The lowest BCUT2D eigenvalue weighted by atomic mass is 10.1. The molecule has 1 heterocycles. The number of amides is 4. The molecule has 1 atom stereocenters. The van der Waals surface area contributed by atoms with Crippen LogP contribution in [-0.4, -0.2) is 48.1 Å². The van der Waals surface area contributed by atoms with Crippen LogP contribution in [0.15, 0.2) is 48.5 Å². The predicted octanol–water partition coefficient (Wildman–Crippen LogP) is 1.37. The number of nitrogens with one attached hydrogen (secondary N) is 3. The van der Waals surface area contributed by atoms with Gasteiger partial charge in [0, 0.05) is 13.1 Å². The van der Waals surface area contributed by atoms with Crippen molar-refractivity contribution in [1.82, 2.24) is 16.0 Å². The molecule has 1 aliphatic heterocycles. The van der Waals surface area contributed by atoms with Gasteiger partial charge in [-0.1, -0.05) is 41.9 Å². The van der Waals surface area contributed by atoms with Crippen LogP contribution >= 0.6 is 11.6 Å². The Hall–Kier alpha value is -3.59. The standard InChI is InChI=1S/C20H19ClN4O5/c21-14-7-3-2-6-13(14)18(27)24-15(19(28)29)10-22-17(26)11-25-16-8-4-1-5-12(16)9-23-20(25)30/h1-8,15H,9-11H2,(H,22,26)(H,23,30)(H,24,27)(H,28,29)/t15-/m0/s1. The molecular weight excluding hydrogens is 412 g/mol.